The lowest BCUT2D eigenvalue weighted by atomic mass is 9.89. The quantitative estimate of drug-likeness (QED) is 0.740. The number of aryl methyl sites for hydroxylation is 1. The zero-order valence-corrected chi connectivity index (χ0v) is 14.4. The van der Waals surface area contributed by atoms with Gasteiger partial charge in [-0.05, 0) is 48.9 Å². The van der Waals surface area contributed by atoms with Crippen LogP contribution in [0.5, 0.6) is 0 Å². The third-order valence-electron chi connectivity index (χ3n) is 5.05. The second-order valence-corrected chi connectivity index (χ2v) is 6.87. The summed E-state index contributed by atoms with van der Waals surface area (Å²) in [5.41, 5.74) is 3.09. The Kier molecular flexibility index (Phi) is 4.22. The highest BCUT2D eigenvalue weighted by atomic mass is 16.2. The van der Waals surface area contributed by atoms with Crippen molar-refractivity contribution < 1.29 is 4.79 Å². The second kappa shape index (κ2) is 6.67. The van der Waals surface area contributed by atoms with Crippen molar-refractivity contribution in [1.29, 1.82) is 0 Å². The number of nitrogens with zero attached hydrogens (tertiary/aromatic N) is 4. The van der Waals surface area contributed by atoms with Gasteiger partial charge in [-0.1, -0.05) is 12.1 Å². The van der Waals surface area contributed by atoms with Crippen molar-refractivity contribution in [2.45, 2.75) is 19.3 Å². The number of hydrogen-bond donors (Lipinski definition) is 0. The Hall–Kier alpha value is -2.69. The molecule has 25 heavy (non-hydrogen) atoms. The summed E-state index contributed by atoms with van der Waals surface area (Å²) in [6.07, 6.45) is 8.44. The highest BCUT2D eigenvalue weighted by Gasteiger charge is 2.24. The number of likely N-dealkylation sites (tertiary alicyclic amines) is 1. The van der Waals surface area contributed by atoms with Crippen molar-refractivity contribution >= 4 is 16.8 Å². The van der Waals surface area contributed by atoms with Crippen molar-refractivity contribution in [3.63, 3.8) is 0 Å². The maximum Gasteiger partial charge on any atom is 0.257 e. The fourth-order valence-electron chi connectivity index (χ4n) is 3.64. The number of amides is 1. The van der Waals surface area contributed by atoms with Gasteiger partial charge in [0.2, 0.25) is 0 Å². The summed E-state index contributed by atoms with van der Waals surface area (Å²) in [5.74, 6) is 0.732. The summed E-state index contributed by atoms with van der Waals surface area (Å²) in [6, 6.07) is 10.6. The van der Waals surface area contributed by atoms with E-state index >= 15 is 0 Å². The van der Waals surface area contributed by atoms with Crippen molar-refractivity contribution in [2.75, 3.05) is 13.1 Å². The Balaban J connectivity index is 1.37. The number of rotatable bonds is 3. The molecule has 1 aliphatic heterocycles. The molecule has 4 rings (SSSR count). The van der Waals surface area contributed by atoms with E-state index in [2.05, 4.69) is 34.3 Å². The first-order chi connectivity index (χ1) is 12.2. The molecule has 1 amide bonds. The zero-order valence-electron chi connectivity index (χ0n) is 14.4. The number of pyridine rings is 1. The summed E-state index contributed by atoms with van der Waals surface area (Å²) in [4.78, 5) is 18.8. The molecule has 0 bridgehead atoms. The Morgan fingerprint density at radius 2 is 2.08 bits per heavy atom. The van der Waals surface area contributed by atoms with Crippen LogP contribution in [0, 0.1) is 5.92 Å². The lowest BCUT2D eigenvalue weighted by Crippen LogP contribution is -2.38. The lowest BCUT2D eigenvalue weighted by Gasteiger charge is -2.32. The second-order valence-electron chi connectivity index (χ2n) is 6.87. The van der Waals surface area contributed by atoms with Gasteiger partial charge in [-0.15, -0.1) is 0 Å². The van der Waals surface area contributed by atoms with Gasteiger partial charge in [-0.2, -0.15) is 5.10 Å². The predicted molar refractivity (Wildman–Crippen MR) is 97.3 cm³/mol. The molecule has 0 saturated carbocycles. The third-order valence-corrected chi connectivity index (χ3v) is 5.05. The van der Waals surface area contributed by atoms with E-state index in [-0.39, 0.29) is 5.91 Å². The molecule has 128 valence electrons. The van der Waals surface area contributed by atoms with Crippen LogP contribution in [-0.2, 0) is 13.5 Å². The number of hydrogen-bond acceptors (Lipinski definition) is 3. The van der Waals surface area contributed by atoms with E-state index in [1.54, 1.807) is 17.1 Å². The van der Waals surface area contributed by atoms with Crippen molar-refractivity contribution in [2.24, 2.45) is 13.0 Å². The molecule has 5 heteroatoms. The van der Waals surface area contributed by atoms with Crippen LogP contribution in [0.25, 0.3) is 10.9 Å². The molecule has 3 heterocycles. The van der Waals surface area contributed by atoms with Gasteiger partial charge in [-0.25, -0.2) is 0 Å². The number of piperidine rings is 1. The molecule has 0 unspecified atom stereocenters. The van der Waals surface area contributed by atoms with Crippen molar-refractivity contribution in [1.82, 2.24) is 19.7 Å². The standard InChI is InChI=1S/C20H22N4O/c1-23-14-18(13-22-23)20(25)24-9-6-15(7-10-24)11-16-4-5-19-17(12-16)3-2-8-21-19/h2-5,8,12-15H,6-7,9-11H2,1H3. The minimum Gasteiger partial charge on any atom is -0.339 e. The van der Waals surface area contributed by atoms with Gasteiger partial charge in [0.05, 0.1) is 17.3 Å². The first kappa shape index (κ1) is 15.8. The number of aromatic nitrogens is 3. The fraction of sp³-hybridized carbons (Fsp3) is 0.350. The minimum absolute atomic E-state index is 0.100. The first-order valence-corrected chi connectivity index (χ1v) is 8.80. The van der Waals surface area contributed by atoms with Crippen LogP contribution in [0.15, 0.2) is 48.9 Å². The van der Waals surface area contributed by atoms with E-state index in [1.165, 1.54) is 10.9 Å². The largest absolute Gasteiger partial charge is 0.339 e. The van der Waals surface area contributed by atoms with E-state index in [4.69, 9.17) is 0 Å². The predicted octanol–water partition coefficient (Wildman–Crippen LogP) is 3.06. The van der Waals surface area contributed by atoms with Crippen LogP contribution in [-0.4, -0.2) is 38.7 Å². The van der Waals surface area contributed by atoms with Gasteiger partial charge in [0.1, 0.15) is 0 Å². The van der Waals surface area contributed by atoms with Crippen molar-refractivity contribution in [3.8, 4) is 0 Å². The van der Waals surface area contributed by atoms with E-state index in [1.807, 2.05) is 24.2 Å². The smallest absolute Gasteiger partial charge is 0.257 e. The molecular formula is C20H22N4O. The van der Waals surface area contributed by atoms with Gasteiger partial charge in [-0.3, -0.25) is 14.5 Å². The molecule has 2 aromatic heterocycles. The van der Waals surface area contributed by atoms with Gasteiger partial charge >= 0.3 is 0 Å². The average Bonchev–Trinajstić information content (AvgIpc) is 3.08. The monoisotopic (exact) mass is 334 g/mol. The molecule has 1 aromatic carbocycles. The number of fused-ring (bicyclic) bond motifs is 1. The van der Waals surface area contributed by atoms with Gasteiger partial charge in [0.15, 0.2) is 0 Å². The number of carbonyl (C=O) groups excluding carboxylic acids is 1. The van der Waals surface area contributed by atoms with Crippen LogP contribution in [0.4, 0.5) is 0 Å². The van der Waals surface area contributed by atoms with Crippen LogP contribution in [0.2, 0.25) is 0 Å². The van der Waals surface area contributed by atoms with Crippen LogP contribution < -0.4 is 0 Å². The number of benzene rings is 1. The van der Waals surface area contributed by atoms with Crippen molar-refractivity contribution in [3.05, 3.63) is 60.0 Å². The van der Waals surface area contributed by atoms with E-state index < -0.39 is 0 Å². The summed E-state index contributed by atoms with van der Waals surface area (Å²) < 4.78 is 1.68. The fourth-order valence-corrected chi connectivity index (χ4v) is 3.64. The first-order valence-electron chi connectivity index (χ1n) is 8.80. The van der Waals surface area contributed by atoms with E-state index in [0.29, 0.717) is 11.5 Å². The number of carbonyl (C=O) groups is 1. The molecule has 1 saturated heterocycles. The molecule has 1 aliphatic rings. The highest BCUT2D eigenvalue weighted by Crippen LogP contribution is 2.24. The van der Waals surface area contributed by atoms with Crippen LogP contribution >= 0.6 is 0 Å². The highest BCUT2D eigenvalue weighted by molar-refractivity contribution is 5.93. The average molecular weight is 334 g/mol. The van der Waals surface area contributed by atoms with Gasteiger partial charge in [0, 0.05) is 37.9 Å². The zero-order chi connectivity index (χ0) is 17.2. The summed E-state index contributed by atoms with van der Waals surface area (Å²) >= 11 is 0. The summed E-state index contributed by atoms with van der Waals surface area (Å²) in [6.45, 7) is 1.65. The maximum absolute atomic E-state index is 12.5. The molecule has 0 spiro atoms. The molecule has 0 radical (unpaired) electrons. The molecule has 0 N–H and O–H groups in total. The third kappa shape index (κ3) is 3.40. The molecule has 5 nitrogen and oxygen atoms in total. The maximum atomic E-state index is 12.5. The van der Waals surface area contributed by atoms with Crippen LogP contribution in [0.3, 0.4) is 0 Å². The topological polar surface area (TPSA) is 51.0 Å². The van der Waals surface area contributed by atoms with Crippen LogP contribution in [0.1, 0.15) is 28.8 Å². The molecule has 1 fully saturated rings. The van der Waals surface area contributed by atoms with Gasteiger partial charge in [0.25, 0.3) is 5.91 Å². The molecule has 0 aliphatic carbocycles. The summed E-state index contributed by atoms with van der Waals surface area (Å²) in [5, 5.41) is 5.29. The lowest BCUT2D eigenvalue weighted by molar-refractivity contribution is 0.0690. The summed E-state index contributed by atoms with van der Waals surface area (Å²) in [7, 11) is 1.84. The molecule has 0 atom stereocenters. The normalized spacial score (nSPS) is 15.6. The SMILES string of the molecule is Cn1cc(C(=O)N2CCC(Cc3ccc4ncccc4c3)CC2)cn1. The Bertz CT molecular complexity index is 893. The molecular weight excluding hydrogens is 312 g/mol. The van der Waals surface area contributed by atoms with E-state index in [0.717, 1.165) is 37.9 Å². The Labute approximate surface area is 147 Å². The van der Waals surface area contributed by atoms with Gasteiger partial charge < -0.3 is 4.90 Å². The van der Waals surface area contributed by atoms with E-state index in [9.17, 15) is 4.79 Å². The minimum atomic E-state index is 0.100. The Morgan fingerprint density at radius 1 is 1.24 bits per heavy atom. The molecule has 3 aromatic rings. The Morgan fingerprint density at radius 3 is 2.84 bits per heavy atom.